The number of benzene rings is 1. The highest BCUT2D eigenvalue weighted by atomic mass is 35.5. The number of aryl methyl sites for hydroxylation is 1. The summed E-state index contributed by atoms with van der Waals surface area (Å²) < 4.78 is 0. The molecule has 0 bridgehead atoms. The van der Waals surface area contributed by atoms with Gasteiger partial charge in [-0.25, -0.2) is 9.97 Å². The SMILES string of the molecule is CCNc1cc(Nc2cc(C)ccc2Cl)nc(C(C)C)n1. The van der Waals surface area contributed by atoms with Crippen LogP contribution in [0.1, 0.15) is 38.1 Å². The number of nitrogens with zero attached hydrogens (tertiary/aromatic N) is 2. The van der Waals surface area contributed by atoms with Crippen molar-refractivity contribution in [3.63, 3.8) is 0 Å². The predicted octanol–water partition coefficient (Wildman–Crippen LogP) is 4.74. The van der Waals surface area contributed by atoms with Crippen LogP contribution in [0.15, 0.2) is 24.3 Å². The van der Waals surface area contributed by atoms with Crippen LogP contribution < -0.4 is 10.6 Å². The van der Waals surface area contributed by atoms with E-state index in [0.717, 1.165) is 35.3 Å². The molecule has 0 atom stereocenters. The Morgan fingerprint density at radius 3 is 2.52 bits per heavy atom. The van der Waals surface area contributed by atoms with E-state index in [2.05, 4.69) is 34.4 Å². The first-order chi connectivity index (χ1) is 9.99. The van der Waals surface area contributed by atoms with Crippen molar-refractivity contribution in [3.8, 4) is 0 Å². The van der Waals surface area contributed by atoms with Crippen LogP contribution in [0.2, 0.25) is 5.02 Å². The first-order valence-electron chi connectivity index (χ1n) is 7.15. The van der Waals surface area contributed by atoms with Gasteiger partial charge in [-0.2, -0.15) is 0 Å². The maximum absolute atomic E-state index is 6.23. The van der Waals surface area contributed by atoms with Gasteiger partial charge in [-0.15, -0.1) is 0 Å². The molecule has 1 heterocycles. The molecular weight excluding hydrogens is 284 g/mol. The van der Waals surface area contributed by atoms with E-state index in [0.29, 0.717) is 5.02 Å². The molecule has 0 saturated heterocycles. The fraction of sp³-hybridized carbons (Fsp3) is 0.375. The van der Waals surface area contributed by atoms with Crippen molar-refractivity contribution >= 4 is 28.9 Å². The molecule has 5 heteroatoms. The zero-order valence-electron chi connectivity index (χ0n) is 12.9. The molecule has 1 aromatic heterocycles. The summed E-state index contributed by atoms with van der Waals surface area (Å²) in [5.41, 5.74) is 2.00. The quantitative estimate of drug-likeness (QED) is 0.838. The van der Waals surface area contributed by atoms with Crippen LogP contribution in [0.4, 0.5) is 17.3 Å². The number of hydrogen-bond acceptors (Lipinski definition) is 4. The zero-order valence-corrected chi connectivity index (χ0v) is 13.6. The topological polar surface area (TPSA) is 49.8 Å². The Bertz CT molecular complexity index is 626. The van der Waals surface area contributed by atoms with Crippen LogP contribution in [0.5, 0.6) is 0 Å². The van der Waals surface area contributed by atoms with Gasteiger partial charge in [0.25, 0.3) is 0 Å². The van der Waals surface area contributed by atoms with Crippen molar-refractivity contribution in [2.24, 2.45) is 0 Å². The third kappa shape index (κ3) is 4.08. The summed E-state index contributed by atoms with van der Waals surface area (Å²) in [5, 5.41) is 7.19. The molecule has 2 N–H and O–H groups in total. The van der Waals surface area contributed by atoms with E-state index in [-0.39, 0.29) is 5.92 Å². The lowest BCUT2D eigenvalue weighted by atomic mass is 10.2. The molecule has 0 aliphatic heterocycles. The standard InChI is InChI=1S/C16H21ClN4/c1-5-18-14-9-15(21-16(20-14)10(2)3)19-13-8-11(4)6-7-12(13)17/h6-10H,5H2,1-4H3,(H2,18,19,20,21). The number of nitrogens with one attached hydrogen (secondary N) is 2. The van der Waals surface area contributed by atoms with Crippen molar-refractivity contribution in [1.82, 2.24) is 9.97 Å². The fourth-order valence-electron chi connectivity index (χ4n) is 1.93. The molecule has 1 aromatic carbocycles. The van der Waals surface area contributed by atoms with E-state index < -0.39 is 0 Å². The number of anilines is 3. The molecule has 0 saturated carbocycles. The van der Waals surface area contributed by atoms with Gasteiger partial charge in [0.1, 0.15) is 17.5 Å². The largest absolute Gasteiger partial charge is 0.370 e. The van der Waals surface area contributed by atoms with E-state index in [4.69, 9.17) is 11.6 Å². The summed E-state index contributed by atoms with van der Waals surface area (Å²) in [6.07, 6.45) is 0. The highest BCUT2D eigenvalue weighted by Gasteiger charge is 2.09. The Kier molecular flexibility index (Phi) is 5.02. The molecule has 0 amide bonds. The van der Waals surface area contributed by atoms with Crippen LogP contribution >= 0.6 is 11.6 Å². The average molecular weight is 305 g/mol. The van der Waals surface area contributed by atoms with Gasteiger partial charge in [0.05, 0.1) is 10.7 Å². The third-order valence-electron chi connectivity index (χ3n) is 3.00. The van der Waals surface area contributed by atoms with Gasteiger partial charge >= 0.3 is 0 Å². The second kappa shape index (κ2) is 6.76. The summed E-state index contributed by atoms with van der Waals surface area (Å²) >= 11 is 6.23. The first kappa shape index (κ1) is 15.6. The Morgan fingerprint density at radius 1 is 1.14 bits per heavy atom. The second-order valence-corrected chi connectivity index (χ2v) is 5.70. The van der Waals surface area contributed by atoms with Crippen molar-refractivity contribution in [3.05, 3.63) is 40.7 Å². The lowest BCUT2D eigenvalue weighted by molar-refractivity contribution is 0.777. The fourth-order valence-corrected chi connectivity index (χ4v) is 2.10. The Balaban J connectivity index is 2.36. The van der Waals surface area contributed by atoms with Crippen molar-refractivity contribution < 1.29 is 0 Å². The van der Waals surface area contributed by atoms with E-state index >= 15 is 0 Å². The highest BCUT2D eigenvalue weighted by molar-refractivity contribution is 6.33. The van der Waals surface area contributed by atoms with Gasteiger partial charge in [-0.1, -0.05) is 31.5 Å². The van der Waals surface area contributed by atoms with Crippen molar-refractivity contribution in [2.45, 2.75) is 33.6 Å². The molecule has 112 valence electrons. The number of halogens is 1. The van der Waals surface area contributed by atoms with Gasteiger partial charge in [0, 0.05) is 18.5 Å². The minimum Gasteiger partial charge on any atom is -0.370 e. The average Bonchev–Trinajstić information content (AvgIpc) is 2.43. The lowest BCUT2D eigenvalue weighted by Gasteiger charge is -2.13. The van der Waals surface area contributed by atoms with Crippen LogP contribution in [0.3, 0.4) is 0 Å². The Morgan fingerprint density at radius 2 is 1.86 bits per heavy atom. The Labute approximate surface area is 131 Å². The third-order valence-corrected chi connectivity index (χ3v) is 3.33. The molecular formula is C16H21ClN4. The smallest absolute Gasteiger partial charge is 0.136 e. The maximum atomic E-state index is 6.23. The van der Waals surface area contributed by atoms with E-state index in [1.165, 1.54) is 0 Å². The van der Waals surface area contributed by atoms with Crippen LogP contribution in [0, 0.1) is 6.92 Å². The maximum Gasteiger partial charge on any atom is 0.136 e. The lowest BCUT2D eigenvalue weighted by Crippen LogP contribution is -2.07. The van der Waals surface area contributed by atoms with Gasteiger partial charge in [-0.05, 0) is 31.5 Å². The summed E-state index contributed by atoms with van der Waals surface area (Å²) in [4.78, 5) is 9.07. The van der Waals surface area contributed by atoms with Crippen molar-refractivity contribution in [1.29, 1.82) is 0 Å². The van der Waals surface area contributed by atoms with E-state index in [1.54, 1.807) is 0 Å². The molecule has 21 heavy (non-hydrogen) atoms. The Hall–Kier alpha value is -1.81. The van der Waals surface area contributed by atoms with Gasteiger partial charge in [0.15, 0.2) is 0 Å². The van der Waals surface area contributed by atoms with Gasteiger partial charge in [-0.3, -0.25) is 0 Å². The van der Waals surface area contributed by atoms with Gasteiger partial charge in [0.2, 0.25) is 0 Å². The molecule has 0 radical (unpaired) electrons. The predicted molar refractivity (Wildman–Crippen MR) is 89.8 cm³/mol. The first-order valence-corrected chi connectivity index (χ1v) is 7.53. The second-order valence-electron chi connectivity index (χ2n) is 5.29. The van der Waals surface area contributed by atoms with Crippen molar-refractivity contribution in [2.75, 3.05) is 17.2 Å². The van der Waals surface area contributed by atoms with Crippen LogP contribution in [-0.2, 0) is 0 Å². The molecule has 0 unspecified atom stereocenters. The minimum atomic E-state index is 0.261. The molecule has 0 aliphatic carbocycles. The van der Waals surface area contributed by atoms with E-state index in [9.17, 15) is 0 Å². The number of rotatable bonds is 5. The summed E-state index contributed by atoms with van der Waals surface area (Å²) in [6.45, 7) is 9.05. The molecule has 2 rings (SSSR count). The number of hydrogen-bond donors (Lipinski definition) is 2. The summed E-state index contributed by atoms with van der Waals surface area (Å²) in [7, 11) is 0. The normalized spacial score (nSPS) is 10.8. The zero-order chi connectivity index (χ0) is 15.4. The molecule has 0 aliphatic rings. The molecule has 4 nitrogen and oxygen atoms in total. The monoisotopic (exact) mass is 304 g/mol. The van der Waals surface area contributed by atoms with Crippen LogP contribution in [-0.4, -0.2) is 16.5 Å². The van der Waals surface area contributed by atoms with Crippen LogP contribution in [0.25, 0.3) is 0 Å². The summed E-state index contributed by atoms with van der Waals surface area (Å²) in [5.74, 6) is 2.64. The minimum absolute atomic E-state index is 0.261. The number of aromatic nitrogens is 2. The molecule has 0 spiro atoms. The highest BCUT2D eigenvalue weighted by Crippen LogP contribution is 2.27. The van der Waals surface area contributed by atoms with Gasteiger partial charge < -0.3 is 10.6 Å². The molecule has 2 aromatic rings. The molecule has 0 fully saturated rings. The van der Waals surface area contributed by atoms with E-state index in [1.807, 2.05) is 38.1 Å². The summed E-state index contributed by atoms with van der Waals surface area (Å²) in [6, 6.07) is 7.77.